The molecule has 5 aromatic carbocycles. The van der Waals surface area contributed by atoms with E-state index in [9.17, 15) is 13.0 Å². The topological polar surface area (TPSA) is 54.4 Å². The highest BCUT2D eigenvalue weighted by molar-refractivity contribution is 7.86. The highest BCUT2D eigenvalue weighted by Gasteiger charge is 2.24. The quantitative estimate of drug-likeness (QED) is 0.254. The first-order valence-corrected chi connectivity index (χ1v) is 11.5. The van der Waals surface area contributed by atoms with Gasteiger partial charge in [0.1, 0.15) is 4.90 Å². The van der Waals surface area contributed by atoms with Crippen molar-refractivity contribution in [1.29, 1.82) is 0 Å². The van der Waals surface area contributed by atoms with Gasteiger partial charge in [-0.2, -0.15) is 8.42 Å². The molecule has 0 amide bonds. The molecule has 0 bridgehead atoms. The standard InChI is InChI=1S/C27H20O3S/c1-18-16-17-23-24(19-10-4-2-5-11-19)21-14-8-9-15-22(21)25(20-12-6-3-7-13-20)26(23)27(18)31(28,29)30/h2-17H,1H3,(H,28,29,30). The van der Waals surface area contributed by atoms with Crippen molar-refractivity contribution >= 4 is 31.7 Å². The molecule has 0 aromatic heterocycles. The van der Waals surface area contributed by atoms with Crippen molar-refractivity contribution in [2.24, 2.45) is 0 Å². The minimum Gasteiger partial charge on any atom is -0.282 e. The van der Waals surface area contributed by atoms with Gasteiger partial charge >= 0.3 is 0 Å². The molecule has 0 aliphatic carbocycles. The molecular formula is C27H20O3S. The number of hydrogen-bond acceptors (Lipinski definition) is 2. The van der Waals surface area contributed by atoms with Gasteiger partial charge in [0, 0.05) is 5.39 Å². The van der Waals surface area contributed by atoms with Gasteiger partial charge in [-0.25, -0.2) is 0 Å². The monoisotopic (exact) mass is 424 g/mol. The van der Waals surface area contributed by atoms with E-state index in [1.807, 2.05) is 84.9 Å². The van der Waals surface area contributed by atoms with E-state index >= 15 is 0 Å². The predicted molar refractivity (Wildman–Crippen MR) is 127 cm³/mol. The summed E-state index contributed by atoms with van der Waals surface area (Å²) >= 11 is 0. The van der Waals surface area contributed by atoms with Crippen LogP contribution in [-0.4, -0.2) is 13.0 Å². The average molecular weight is 425 g/mol. The fourth-order valence-corrected chi connectivity index (χ4v) is 5.44. The van der Waals surface area contributed by atoms with Crippen LogP contribution in [0.15, 0.2) is 102 Å². The third kappa shape index (κ3) is 3.21. The van der Waals surface area contributed by atoms with E-state index in [4.69, 9.17) is 0 Å². The van der Waals surface area contributed by atoms with Crippen molar-refractivity contribution in [3.05, 3.63) is 103 Å². The molecule has 3 nitrogen and oxygen atoms in total. The number of hydrogen-bond donors (Lipinski definition) is 1. The SMILES string of the molecule is Cc1ccc2c(-c3ccccc3)c3ccccc3c(-c3ccccc3)c2c1S(=O)(=O)O. The van der Waals surface area contributed by atoms with Gasteiger partial charge in [-0.05, 0) is 50.9 Å². The van der Waals surface area contributed by atoms with E-state index < -0.39 is 10.1 Å². The molecule has 5 aromatic rings. The van der Waals surface area contributed by atoms with Crippen LogP contribution in [0.1, 0.15) is 5.56 Å². The van der Waals surface area contributed by atoms with Crippen molar-refractivity contribution in [3.63, 3.8) is 0 Å². The lowest BCUT2D eigenvalue weighted by molar-refractivity contribution is 0.483. The van der Waals surface area contributed by atoms with Gasteiger partial charge in [0.05, 0.1) is 0 Å². The van der Waals surface area contributed by atoms with Crippen LogP contribution in [0.5, 0.6) is 0 Å². The normalized spacial score (nSPS) is 11.8. The largest absolute Gasteiger partial charge is 0.295 e. The molecule has 5 rings (SSSR count). The molecule has 0 saturated heterocycles. The van der Waals surface area contributed by atoms with Crippen LogP contribution in [0.3, 0.4) is 0 Å². The molecule has 1 N–H and O–H groups in total. The molecule has 0 radical (unpaired) electrons. The summed E-state index contributed by atoms with van der Waals surface area (Å²) in [4.78, 5) is -0.0354. The first-order chi connectivity index (χ1) is 15.0. The van der Waals surface area contributed by atoms with Gasteiger partial charge in [-0.3, -0.25) is 4.55 Å². The maximum Gasteiger partial charge on any atom is 0.295 e. The van der Waals surface area contributed by atoms with Crippen molar-refractivity contribution in [2.75, 3.05) is 0 Å². The molecule has 0 spiro atoms. The second-order valence-corrected chi connectivity index (χ2v) is 9.00. The van der Waals surface area contributed by atoms with Crippen LogP contribution in [0.4, 0.5) is 0 Å². The summed E-state index contributed by atoms with van der Waals surface area (Å²) < 4.78 is 35.4. The van der Waals surface area contributed by atoms with Crippen molar-refractivity contribution in [1.82, 2.24) is 0 Å². The summed E-state index contributed by atoms with van der Waals surface area (Å²) in [5.74, 6) is 0. The Morgan fingerprint density at radius 1 is 0.581 bits per heavy atom. The molecule has 0 aliphatic heterocycles. The molecular weight excluding hydrogens is 404 g/mol. The van der Waals surface area contributed by atoms with Crippen molar-refractivity contribution < 1.29 is 13.0 Å². The fraction of sp³-hybridized carbons (Fsp3) is 0.0370. The Kier molecular flexibility index (Phi) is 4.62. The molecule has 0 heterocycles. The third-order valence-electron chi connectivity index (χ3n) is 5.72. The van der Waals surface area contributed by atoms with Gasteiger partial charge in [0.2, 0.25) is 0 Å². The minimum atomic E-state index is -4.46. The summed E-state index contributed by atoms with van der Waals surface area (Å²) in [7, 11) is -4.46. The number of aryl methyl sites for hydroxylation is 1. The zero-order valence-corrected chi connectivity index (χ0v) is 17.7. The van der Waals surface area contributed by atoms with Crippen LogP contribution in [0, 0.1) is 6.92 Å². The first kappa shape index (κ1) is 19.5. The third-order valence-corrected chi connectivity index (χ3v) is 6.76. The van der Waals surface area contributed by atoms with Crippen LogP contribution < -0.4 is 0 Å². The fourth-order valence-electron chi connectivity index (χ4n) is 4.50. The maximum atomic E-state index is 12.6. The highest BCUT2D eigenvalue weighted by atomic mass is 32.2. The van der Waals surface area contributed by atoms with E-state index in [1.165, 1.54) is 0 Å². The Labute approximate surface area is 181 Å². The minimum absolute atomic E-state index is 0.0354. The Balaban J connectivity index is 2.14. The van der Waals surface area contributed by atoms with Gasteiger partial charge in [0.25, 0.3) is 10.1 Å². The summed E-state index contributed by atoms with van der Waals surface area (Å²) in [5.41, 5.74) is 4.17. The Morgan fingerprint density at radius 2 is 1.06 bits per heavy atom. The van der Waals surface area contributed by atoms with Crippen LogP contribution in [0.25, 0.3) is 43.8 Å². The summed E-state index contributed by atoms with van der Waals surface area (Å²) in [6.07, 6.45) is 0. The van der Waals surface area contributed by atoms with Gasteiger partial charge in [-0.1, -0.05) is 97.1 Å². The highest BCUT2D eigenvalue weighted by Crippen LogP contribution is 2.46. The maximum absolute atomic E-state index is 12.6. The molecule has 4 heteroatoms. The first-order valence-electron chi connectivity index (χ1n) is 10.0. The van der Waals surface area contributed by atoms with Crippen LogP contribution in [-0.2, 0) is 10.1 Å². The van der Waals surface area contributed by atoms with E-state index in [0.717, 1.165) is 38.4 Å². The number of benzene rings is 5. The van der Waals surface area contributed by atoms with Gasteiger partial charge in [0.15, 0.2) is 0 Å². The van der Waals surface area contributed by atoms with Gasteiger partial charge < -0.3 is 0 Å². The summed E-state index contributed by atoms with van der Waals surface area (Å²) in [5, 5.41) is 3.31. The molecule has 31 heavy (non-hydrogen) atoms. The lowest BCUT2D eigenvalue weighted by atomic mass is 9.85. The predicted octanol–water partition coefficient (Wildman–Crippen LogP) is 6.88. The molecule has 0 atom stereocenters. The molecule has 0 aliphatic rings. The van der Waals surface area contributed by atoms with E-state index in [2.05, 4.69) is 6.07 Å². The van der Waals surface area contributed by atoms with E-state index in [-0.39, 0.29) is 4.90 Å². The van der Waals surface area contributed by atoms with Crippen molar-refractivity contribution in [3.8, 4) is 22.3 Å². The van der Waals surface area contributed by atoms with Crippen LogP contribution in [0.2, 0.25) is 0 Å². The van der Waals surface area contributed by atoms with E-state index in [1.54, 1.807) is 13.0 Å². The number of rotatable bonds is 3. The van der Waals surface area contributed by atoms with Crippen LogP contribution >= 0.6 is 0 Å². The average Bonchev–Trinajstić information content (AvgIpc) is 2.77. The molecule has 0 unspecified atom stereocenters. The van der Waals surface area contributed by atoms with Gasteiger partial charge in [-0.15, -0.1) is 0 Å². The summed E-state index contributed by atoms with van der Waals surface area (Å²) in [6.45, 7) is 1.72. The second kappa shape index (κ2) is 7.34. The molecule has 0 fully saturated rings. The Morgan fingerprint density at radius 3 is 1.61 bits per heavy atom. The van der Waals surface area contributed by atoms with Crippen molar-refractivity contribution in [2.45, 2.75) is 11.8 Å². The lowest BCUT2D eigenvalue weighted by Crippen LogP contribution is -2.04. The molecule has 0 saturated carbocycles. The Hall–Kier alpha value is -3.47. The molecule has 152 valence electrons. The zero-order valence-electron chi connectivity index (χ0n) is 16.9. The summed E-state index contributed by atoms with van der Waals surface area (Å²) in [6, 6.07) is 31.4. The Bertz CT molecular complexity index is 1540. The second-order valence-electron chi connectivity index (χ2n) is 7.64. The number of fused-ring (bicyclic) bond motifs is 2. The lowest BCUT2D eigenvalue weighted by Gasteiger charge is -2.20. The van der Waals surface area contributed by atoms with E-state index in [0.29, 0.717) is 10.9 Å². The smallest absolute Gasteiger partial charge is 0.282 e. The zero-order chi connectivity index (χ0) is 21.6.